The number of rotatable bonds is 4. The number of alkyl carbamates (subject to hydrolysis) is 1. The van der Waals surface area contributed by atoms with Crippen molar-refractivity contribution in [1.82, 2.24) is 5.32 Å². The smallest absolute Gasteiger partial charge is 0.407 e. The first-order valence-corrected chi connectivity index (χ1v) is 6.83. The van der Waals surface area contributed by atoms with Gasteiger partial charge in [-0.05, 0) is 52.0 Å². The molecular weight excluding hydrogens is 278 g/mol. The maximum absolute atomic E-state index is 12.0. The number of hydrogen-bond donors (Lipinski definition) is 1. The first-order chi connectivity index (χ1) is 9.17. The highest BCUT2D eigenvalue weighted by Crippen LogP contribution is 2.12. The highest BCUT2D eigenvalue weighted by Gasteiger charge is 2.19. The number of amides is 1. The van der Waals surface area contributed by atoms with Gasteiger partial charge in [0.2, 0.25) is 0 Å². The summed E-state index contributed by atoms with van der Waals surface area (Å²) in [5.41, 5.74) is 0.0246. The number of carbonyl (C=O) groups is 2. The van der Waals surface area contributed by atoms with Crippen LogP contribution in [0.5, 0.6) is 0 Å². The normalized spacial score (nSPS) is 12.7. The lowest BCUT2D eigenvalue weighted by molar-refractivity contribution is 0.0506. The van der Waals surface area contributed by atoms with E-state index in [0.717, 1.165) is 0 Å². The molecule has 5 heteroatoms. The van der Waals surface area contributed by atoms with Crippen molar-refractivity contribution >= 4 is 23.5 Å². The molecule has 0 aromatic heterocycles. The Labute approximate surface area is 124 Å². The van der Waals surface area contributed by atoms with Gasteiger partial charge in [0.25, 0.3) is 0 Å². The van der Waals surface area contributed by atoms with Crippen molar-refractivity contribution in [2.45, 2.75) is 45.8 Å². The van der Waals surface area contributed by atoms with Crippen molar-refractivity contribution in [3.8, 4) is 0 Å². The van der Waals surface area contributed by atoms with Gasteiger partial charge >= 0.3 is 6.09 Å². The summed E-state index contributed by atoms with van der Waals surface area (Å²) in [5.74, 6) is -0.0507. The number of carbonyl (C=O) groups excluding carboxylic acids is 2. The van der Waals surface area contributed by atoms with E-state index in [1.165, 1.54) is 0 Å². The van der Waals surface area contributed by atoms with E-state index in [1.54, 1.807) is 52.0 Å². The second kappa shape index (κ2) is 6.75. The fourth-order valence-electron chi connectivity index (χ4n) is 1.59. The molecule has 1 aromatic carbocycles. The molecule has 0 spiro atoms. The van der Waals surface area contributed by atoms with Crippen LogP contribution in [-0.4, -0.2) is 23.5 Å². The average molecular weight is 298 g/mol. The standard InChI is InChI=1S/C15H20ClNO3/c1-10(17-14(19)20-15(2,3)4)9-13(18)11-5-7-12(16)8-6-11/h5-8,10H,9H2,1-4H3,(H,17,19). The van der Waals surface area contributed by atoms with Crippen molar-refractivity contribution in [1.29, 1.82) is 0 Å². The van der Waals surface area contributed by atoms with Crippen molar-refractivity contribution in [2.75, 3.05) is 0 Å². The number of ether oxygens (including phenoxy) is 1. The predicted molar refractivity (Wildman–Crippen MR) is 79.2 cm³/mol. The van der Waals surface area contributed by atoms with Gasteiger partial charge in [-0.1, -0.05) is 11.6 Å². The molecule has 1 aromatic rings. The quantitative estimate of drug-likeness (QED) is 0.859. The highest BCUT2D eigenvalue weighted by molar-refractivity contribution is 6.30. The molecule has 1 N–H and O–H groups in total. The van der Waals surface area contributed by atoms with Crippen molar-refractivity contribution in [2.24, 2.45) is 0 Å². The molecule has 0 bridgehead atoms. The molecule has 0 aliphatic carbocycles. The Morgan fingerprint density at radius 1 is 1.25 bits per heavy atom. The molecule has 1 atom stereocenters. The minimum absolute atomic E-state index is 0.0507. The van der Waals surface area contributed by atoms with Gasteiger partial charge in [0.05, 0.1) is 0 Å². The SMILES string of the molecule is CC(CC(=O)c1ccc(Cl)cc1)NC(=O)OC(C)(C)C. The summed E-state index contributed by atoms with van der Waals surface area (Å²) in [6.45, 7) is 7.13. The lowest BCUT2D eigenvalue weighted by Gasteiger charge is -2.21. The van der Waals surface area contributed by atoms with Gasteiger partial charge in [0, 0.05) is 23.0 Å². The average Bonchev–Trinajstić information content (AvgIpc) is 2.26. The molecular formula is C15H20ClNO3. The maximum atomic E-state index is 12.0. The third kappa shape index (κ3) is 6.06. The van der Waals surface area contributed by atoms with Crippen LogP contribution >= 0.6 is 11.6 Å². The summed E-state index contributed by atoms with van der Waals surface area (Å²) in [6, 6.07) is 6.38. The largest absolute Gasteiger partial charge is 0.444 e. The number of benzene rings is 1. The second-order valence-corrected chi connectivity index (χ2v) is 6.12. The van der Waals surface area contributed by atoms with Crippen molar-refractivity contribution in [3.63, 3.8) is 0 Å². The van der Waals surface area contributed by atoms with Gasteiger partial charge in [0.1, 0.15) is 5.60 Å². The number of hydrogen-bond acceptors (Lipinski definition) is 3. The number of halogens is 1. The van der Waals surface area contributed by atoms with Gasteiger partial charge in [-0.15, -0.1) is 0 Å². The first-order valence-electron chi connectivity index (χ1n) is 6.45. The van der Waals surface area contributed by atoms with Crippen LogP contribution in [0, 0.1) is 0 Å². The summed E-state index contributed by atoms with van der Waals surface area (Å²) in [7, 11) is 0. The summed E-state index contributed by atoms with van der Waals surface area (Å²) in [6.07, 6.45) is -0.310. The van der Waals surface area contributed by atoms with E-state index in [9.17, 15) is 9.59 Å². The minimum atomic E-state index is -0.552. The van der Waals surface area contributed by atoms with Gasteiger partial charge in [-0.3, -0.25) is 4.79 Å². The molecule has 1 rings (SSSR count). The topological polar surface area (TPSA) is 55.4 Å². The van der Waals surface area contributed by atoms with E-state index in [-0.39, 0.29) is 18.2 Å². The van der Waals surface area contributed by atoms with E-state index in [4.69, 9.17) is 16.3 Å². The number of ketones is 1. The monoisotopic (exact) mass is 297 g/mol. The van der Waals surface area contributed by atoms with E-state index in [1.807, 2.05) is 0 Å². The number of nitrogens with one attached hydrogen (secondary N) is 1. The Bertz CT molecular complexity index is 477. The molecule has 0 saturated heterocycles. The minimum Gasteiger partial charge on any atom is -0.444 e. The molecule has 0 aliphatic rings. The fourth-order valence-corrected chi connectivity index (χ4v) is 1.72. The van der Waals surface area contributed by atoms with Gasteiger partial charge in [0.15, 0.2) is 5.78 Å². The molecule has 4 nitrogen and oxygen atoms in total. The van der Waals surface area contributed by atoms with Gasteiger partial charge in [-0.25, -0.2) is 4.79 Å². The van der Waals surface area contributed by atoms with Crippen LogP contribution in [0.3, 0.4) is 0 Å². The molecule has 0 fully saturated rings. The van der Waals surface area contributed by atoms with Crippen molar-refractivity contribution < 1.29 is 14.3 Å². The Balaban J connectivity index is 2.50. The lowest BCUT2D eigenvalue weighted by atomic mass is 10.0. The van der Waals surface area contributed by atoms with Crippen LogP contribution in [0.2, 0.25) is 5.02 Å². The van der Waals surface area contributed by atoms with Crippen LogP contribution in [0.4, 0.5) is 4.79 Å². The Morgan fingerprint density at radius 2 is 1.80 bits per heavy atom. The first kappa shape index (κ1) is 16.5. The van der Waals surface area contributed by atoms with Crippen molar-refractivity contribution in [3.05, 3.63) is 34.9 Å². The molecule has 1 unspecified atom stereocenters. The van der Waals surface area contributed by atoms with Crippen LogP contribution in [0.25, 0.3) is 0 Å². The van der Waals surface area contributed by atoms with Crippen LogP contribution in [0.15, 0.2) is 24.3 Å². The predicted octanol–water partition coefficient (Wildman–Crippen LogP) is 3.83. The van der Waals surface area contributed by atoms with E-state index < -0.39 is 11.7 Å². The molecule has 110 valence electrons. The summed E-state index contributed by atoms with van der Waals surface area (Å²) in [4.78, 5) is 23.6. The van der Waals surface area contributed by atoms with Crippen LogP contribution < -0.4 is 5.32 Å². The number of Topliss-reactive ketones (excluding diaryl/α,β-unsaturated/α-hetero) is 1. The third-order valence-electron chi connectivity index (χ3n) is 2.42. The lowest BCUT2D eigenvalue weighted by Crippen LogP contribution is -2.38. The summed E-state index contributed by atoms with van der Waals surface area (Å²) < 4.78 is 5.13. The molecule has 0 radical (unpaired) electrons. The van der Waals surface area contributed by atoms with Gasteiger partial charge in [-0.2, -0.15) is 0 Å². The van der Waals surface area contributed by atoms with E-state index in [0.29, 0.717) is 10.6 Å². The zero-order valence-electron chi connectivity index (χ0n) is 12.2. The van der Waals surface area contributed by atoms with Crippen LogP contribution in [0.1, 0.15) is 44.5 Å². The zero-order valence-corrected chi connectivity index (χ0v) is 13.0. The Kier molecular flexibility index (Phi) is 5.57. The third-order valence-corrected chi connectivity index (χ3v) is 2.67. The fraction of sp³-hybridized carbons (Fsp3) is 0.467. The maximum Gasteiger partial charge on any atom is 0.407 e. The van der Waals surface area contributed by atoms with Crippen LogP contribution in [-0.2, 0) is 4.74 Å². The van der Waals surface area contributed by atoms with Gasteiger partial charge < -0.3 is 10.1 Å². The molecule has 1 amide bonds. The molecule has 0 aliphatic heterocycles. The molecule has 20 heavy (non-hydrogen) atoms. The molecule has 0 saturated carbocycles. The summed E-state index contributed by atoms with van der Waals surface area (Å²) in [5, 5.41) is 3.23. The Hall–Kier alpha value is -1.55. The molecule has 0 heterocycles. The highest BCUT2D eigenvalue weighted by atomic mass is 35.5. The second-order valence-electron chi connectivity index (χ2n) is 5.68. The zero-order chi connectivity index (χ0) is 15.3. The van der Waals surface area contributed by atoms with E-state index >= 15 is 0 Å². The summed E-state index contributed by atoms with van der Waals surface area (Å²) >= 11 is 5.77. The Morgan fingerprint density at radius 3 is 2.30 bits per heavy atom. The van der Waals surface area contributed by atoms with E-state index in [2.05, 4.69) is 5.32 Å².